The van der Waals surface area contributed by atoms with Crippen LogP contribution < -0.4 is 10.3 Å². The van der Waals surface area contributed by atoms with Crippen LogP contribution in [0, 0.1) is 0 Å². The molecule has 0 amide bonds. The monoisotopic (exact) mass is 371 g/mol. The molecule has 0 atom stereocenters. The first-order valence-electron chi connectivity index (χ1n) is 5.30. The van der Waals surface area contributed by atoms with Crippen molar-refractivity contribution in [1.29, 1.82) is 0 Å². The van der Waals surface area contributed by atoms with E-state index in [0.717, 1.165) is 10.0 Å². The lowest BCUT2D eigenvalue weighted by Crippen LogP contribution is -2.21. The summed E-state index contributed by atoms with van der Waals surface area (Å²) in [6.07, 6.45) is 1.74. The van der Waals surface area contributed by atoms with Gasteiger partial charge in [0.05, 0.1) is 18.1 Å². The third-order valence-electron chi connectivity index (χ3n) is 2.53. The van der Waals surface area contributed by atoms with E-state index in [9.17, 15) is 4.79 Å². The topological polar surface area (TPSA) is 31.2 Å². The maximum Gasteiger partial charge on any atom is 0.269 e. The molecule has 0 bridgehead atoms. The predicted octanol–water partition coefficient (Wildman–Crippen LogP) is 3.43. The van der Waals surface area contributed by atoms with Gasteiger partial charge in [-0.05, 0) is 37.4 Å². The molecule has 0 radical (unpaired) electrons. The van der Waals surface area contributed by atoms with Crippen molar-refractivity contribution in [2.24, 2.45) is 0 Å². The Morgan fingerprint density at radius 2 is 1.89 bits per heavy atom. The molecular formula is C13H11Br2NO2. The number of aromatic nitrogens is 1. The van der Waals surface area contributed by atoms with E-state index in [1.54, 1.807) is 10.8 Å². The molecule has 2 aromatic rings. The van der Waals surface area contributed by atoms with Crippen LogP contribution in [0.15, 0.2) is 50.3 Å². The summed E-state index contributed by atoms with van der Waals surface area (Å²) in [6, 6.07) is 9.82. The molecule has 1 aromatic heterocycles. The molecule has 0 saturated heterocycles. The molecule has 0 fully saturated rings. The summed E-state index contributed by atoms with van der Waals surface area (Å²) in [5.74, 6) is 0.518. The molecule has 18 heavy (non-hydrogen) atoms. The second kappa shape index (κ2) is 5.71. The van der Waals surface area contributed by atoms with Crippen molar-refractivity contribution in [3.8, 4) is 5.75 Å². The number of ether oxygens (including phenoxy) is 1. The van der Waals surface area contributed by atoms with Crippen molar-refractivity contribution >= 4 is 31.9 Å². The van der Waals surface area contributed by atoms with Gasteiger partial charge in [0.25, 0.3) is 5.56 Å². The van der Waals surface area contributed by atoms with Crippen LogP contribution in [-0.2, 0) is 6.54 Å². The van der Waals surface area contributed by atoms with Gasteiger partial charge in [-0.2, -0.15) is 0 Å². The largest absolute Gasteiger partial charge is 0.494 e. The lowest BCUT2D eigenvalue weighted by Gasteiger charge is -2.11. The molecular weight excluding hydrogens is 362 g/mol. The Morgan fingerprint density at radius 1 is 1.22 bits per heavy atom. The first-order valence-corrected chi connectivity index (χ1v) is 6.88. The number of nitrogens with zero attached hydrogens (tertiary/aromatic N) is 1. The maximum atomic E-state index is 12.1. The molecule has 0 saturated carbocycles. The fourth-order valence-corrected chi connectivity index (χ4v) is 3.14. The van der Waals surface area contributed by atoms with Crippen LogP contribution in [0.25, 0.3) is 0 Å². The van der Waals surface area contributed by atoms with Crippen molar-refractivity contribution in [1.82, 2.24) is 4.57 Å². The Hall–Kier alpha value is -1.07. The summed E-state index contributed by atoms with van der Waals surface area (Å²) in [5.41, 5.74) is 0.961. The van der Waals surface area contributed by atoms with Gasteiger partial charge < -0.3 is 9.30 Å². The van der Waals surface area contributed by atoms with Crippen LogP contribution in [0.1, 0.15) is 5.56 Å². The highest BCUT2D eigenvalue weighted by Crippen LogP contribution is 2.29. The number of hydrogen-bond donors (Lipinski definition) is 0. The molecule has 1 aromatic carbocycles. The highest BCUT2D eigenvalue weighted by Gasteiger charge is 2.12. The highest BCUT2D eigenvalue weighted by molar-refractivity contribution is 9.11. The standard InChI is InChI=1S/C13H11Br2NO2/c1-18-12-10(14)8-16(13(17)11(12)15)7-9-5-3-2-4-6-9/h2-6,8H,7H2,1H3. The molecule has 5 heteroatoms. The zero-order chi connectivity index (χ0) is 13.1. The lowest BCUT2D eigenvalue weighted by atomic mass is 10.2. The van der Waals surface area contributed by atoms with Gasteiger partial charge in [0, 0.05) is 6.20 Å². The maximum absolute atomic E-state index is 12.1. The smallest absolute Gasteiger partial charge is 0.269 e. The molecule has 0 aliphatic rings. The molecule has 0 N–H and O–H groups in total. The fourth-order valence-electron chi connectivity index (χ4n) is 1.67. The fraction of sp³-hybridized carbons (Fsp3) is 0.154. The molecule has 1 heterocycles. The average Bonchev–Trinajstić information content (AvgIpc) is 2.37. The van der Waals surface area contributed by atoms with E-state index in [1.165, 1.54) is 7.11 Å². The van der Waals surface area contributed by atoms with Gasteiger partial charge in [0.1, 0.15) is 4.47 Å². The zero-order valence-corrected chi connectivity index (χ0v) is 12.9. The summed E-state index contributed by atoms with van der Waals surface area (Å²) in [6.45, 7) is 0.529. The number of hydrogen-bond acceptors (Lipinski definition) is 2. The van der Waals surface area contributed by atoms with E-state index in [4.69, 9.17) is 4.74 Å². The minimum atomic E-state index is -0.112. The van der Waals surface area contributed by atoms with E-state index >= 15 is 0 Å². The van der Waals surface area contributed by atoms with Gasteiger partial charge in [-0.25, -0.2) is 0 Å². The van der Waals surface area contributed by atoms with Crippen molar-refractivity contribution in [2.45, 2.75) is 6.54 Å². The van der Waals surface area contributed by atoms with E-state index in [-0.39, 0.29) is 5.56 Å². The van der Waals surface area contributed by atoms with Crippen molar-refractivity contribution in [3.63, 3.8) is 0 Å². The summed E-state index contributed by atoms with van der Waals surface area (Å²) in [7, 11) is 1.53. The van der Waals surface area contributed by atoms with Gasteiger partial charge in [0.15, 0.2) is 5.75 Å². The van der Waals surface area contributed by atoms with Crippen molar-refractivity contribution in [3.05, 3.63) is 61.4 Å². The minimum Gasteiger partial charge on any atom is -0.494 e. The average molecular weight is 373 g/mol. The lowest BCUT2D eigenvalue weighted by molar-refractivity contribution is 0.406. The molecule has 0 aliphatic heterocycles. The molecule has 0 spiro atoms. The van der Waals surface area contributed by atoms with E-state index < -0.39 is 0 Å². The number of halogens is 2. The Kier molecular flexibility index (Phi) is 4.24. The van der Waals surface area contributed by atoms with Crippen LogP contribution in [0.3, 0.4) is 0 Å². The normalized spacial score (nSPS) is 10.4. The van der Waals surface area contributed by atoms with Crippen LogP contribution >= 0.6 is 31.9 Å². The third-order valence-corrected chi connectivity index (χ3v) is 3.80. The van der Waals surface area contributed by atoms with Gasteiger partial charge in [-0.3, -0.25) is 4.79 Å². The zero-order valence-electron chi connectivity index (χ0n) is 9.69. The second-order valence-electron chi connectivity index (χ2n) is 3.74. The molecule has 2 rings (SSSR count). The Labute approximate surface area is 122 Å². The van der Waals surface area contributed by atoms with E-state index in [0.29, 0.717) is 16.8 Å². The Bertz CT molecular complexity index is 608. The predicted molar refractivity (Wildman–Crippen MR) is 78.2 cm³/mol. The molecule has 3 nitrogen and oxygen atoms in total. The summed E-state index contributed by atoms with van der Waals surface area (Å²) in [5, 5.41) is 0. The molecule has 0 aliphatic carbocycles. The summed E-state index contributed by atoms with van der Waals surface area (Å²) in [4.78, 5) is 12.1. The highest BCUT2D eigenvalue weighted by atomic mass is 79.9. The third kappa shape index (κ3) is 2.67. The first kappa shape index (κ1) is 13.4. The summed E-state index contributed by atoms with van der Waals surface area (Å²) < 4.78 is 7.95. The van der Waals surface area contributed by atoms with Gasteiger partial charge in [-0.15, -0.1) is 0 Å². The van der Waals surface area contributed by atoms with E-state index in [2.05, 4.69) is 31.9 Å². The van der Waals surface area contributed by atoms with Gasteiger partial charge >= 0.3 is 0 Å². The molecule has 94 valence electrons. The second-order valence-corrected chi connectivity index (χ2v) is 5.39. The van der Waals surface area contributed by atoms with Crippen LogP contribution in [0.2, 0.25) is 0 Å². The van der Waals surface area contributed by atoms with Crippen LogP contribution in [-0.4, -0.2) is 11.7 Å². The Morgan fingerprint density at radius 3 is 2.50 bits per heavy atom. The van der Waals surface area contributed by atoms with Crippen molar-refractivity contribution < 1.29 is 4.74 Å². The van der Waals surface area contributed by atoms with Gasteiger partial charge in [0.2, 0.25) is 0 Å². The van der Waals surface area contributed by atoms with Crippen molar-refractivity contribution in [2.75, 3.05) is 7.11 Å². The number of methoxy groups -OCH3 is 1. The number of rotatable bonds is 3. The summed E-state index contributed by atoms with van der Waals surface area (Å²) >= 11 is 6.66. The quantitative estimate of drug-likeness (QED) is 0.826. The SMILES string of the molecule is COc1c(Br)cn(Cc2ccccc2)c(=O)c1Br. The van der Waals surface area contributed by atoms with E-state index in [1.807, 2.05) is 30.3 Å². The van der Waals surface area contributed by atoms with Crippen LogP contribution in [0.4, 0.5) is 0 Å². The van der Waals surface area contributed by atoms with Gasteiger partial charge in [-0.1, -0.05) is 30.3 Å². The Balaban J connectivity index is 2.44. The first-order chi connectivity index (χ1) is 8.63. The van der Waals surface area contributed by atoms with Crippen LogP contribution in [0.5, 0.6) is 5.75 Å². The number of pyridine rings is 1. The molecule has 0 unspecified atom stereocenters. The number of benzene rings is 1. The minimum absolute atomic E-state index is 0.112.